The quantitative estimate of drug-likeness (QED) is 0.393. The van der Waals surface area contributed by atoms with Crippen molar-refractivity contribution in [3.63, 3.8) is 0 Å². The number of esters is 1. The second kappa shape index (κ2) is 4.82. The number of carbonyl (C=O) groups excluding carboxylic acids is 1. The van der Waals surface area contributed by atoms with Gasteiger partial charge in [-0.15, -0.1) is 0 Å². The van der Waals surface area contributed by atoms with Crippen LogP contribution in [0, 0.1) is 0 Å². The predicted octanol–water partition coefficient (Wildman–Crippen LogP) is 4.18. The molecular formula is C18H14O2. The number of methoxy groups -OCH3 is 1. The second-order valence-electron chi connectivity index (χ2n) is 4.66. The summed E-state index contributed by atoms with van der Waals surface area (Å²) in [4.78, 5) is 11.9. The zero-order chi connectivity index (χ0) is 14.1. The highest BCUT2D eigenvalue weighted by Gasteiger charge is 2.16. The molecule has 0 atom stereocenters. The molecule has 2 nitrogen and oxygen atoms in total. The zero-order valence-electron chi connectivity index (χ0n) is 11.2. The Morgan fingerprint density at radius 1 is 0.950 bits per heavy atom. The van der Waals surface area contributed by atoms with Gasteiger partial charge in [0, 0.05) is 5.56 Å². The zero-order valence-corrected chi connectivity index (χ0v) is 11.2. The van der Waals surface area contributed by atoms with E-state index in [0.29, 0.717) is 5.57 Å². The van der Waals surface area contributed by atoms with Gasteiger partial charge in [-0.05, 0) is 27.6 Å². The summed E-state index contributed by atoms with van der Waals surface area (Å²) in [6.45, 7) is 3.92. The van der Waals surface area contributed by atoms with Gasteiger partial charge in [0.05, 0.1) is 12.7 Å². The summed E-state index contributed by atoms with van der Waals surface area (Å²) in [5, 5.41) is 4.21. The van der Waals surface area contributed by atoms with E-state index in [9.17, 15) is 4.79 Å². The minimum atomic E-state index is -0.397. The van der Waals surface area contributed by atoms with Crippen LogP contribution in [0.3, 0.4) is 0 Å². The van der Waals surface area contributed by atoms with Crippen molar-refractivity contribution in [2.45, 2.75) is 0 Å². The number of carbonyl (C=O) groups is 1. The van der Waals surface area contributed by atoms with Gasteiger partial charge in [0.25, 0.3) is 0 Å². The molecule has 0 fully saturated rings. The molecule has 20 heavy (non-hydrogen) atoms. The molecule has 0 N–H and O–H groups in total. The fourth-order valence-corrected chi connectivity index (χ4v) is 2.56. The Bertz CT molecular complexity index is 777. The number of hydrogen-bond donors (Lipinski definition) is 0. The van der Waals surface area contributed by atoms with E-state index in [2.05, 4.69) is 12.6 Å². The van der Waals surface area contributed by atoms with Gasteiger partial charge in [-0.2, -0.15) is 0 Å². The van der Waals surface area contributed by atoms with Crippen LogP contribution in [0.25, 0.3) is 27.1 Å². The maximum absolute atomic E-state index is 11.9. The first kappa shape index (κ1) is 12.4. The molecule has 0 aliphatic heterocycles. The highest BCUT2D eigenvalue weighted by molar-refractivity contribution is 6.24. The summed E-state index contributed by atoms with van der Waals surface area (Å²) < 4.78 is 4.83. The number of fused-ring (bicyclic) bond motifs is 2. The molecule has 3 aromatic carbocycles. The van der Waals surface area contributed by atoms with Gasteiger partial charge in [-0.3, -0.25) is 0 Å². The van der Waals surface area contributed by atoms with Gasteiger partial charge in [0.2, 0.25) is 0 Å². The molecule has 0 spiro atoms. The Kier molecular flexibility index (Phi) is 2.99. The largest absolute Gasteiger partial charge is 0.465 e. The van der Waals surface area contributed by atoms with Crippen LogP contribution in [0.5, 0.6) is 0 Å². The first-order valence-corrected chi connectivity index (χ1v) is 6.40. The fraction of sp³-hybridized carbons (Fsp3) is 0.0556. The van der Waals surface area contributed by atoms with E-state index < -0.39 is 5.97 Å². The summed E-state index contributed by atoms with van der Waals surface area (Å²) in [5.41, 5.74) is 1.24. The van der Waals surface area contributed by atoms with Crippen molar-refractivity contribution in [1.29, 1.82) is 0 Å². The summed E-state index contributed by atoms with van der Waals surface area (Å²) in [6, 6.07) is 18.1. The van der Waals surface area contributed by atoms with Gasteiger partial charge in [0.1, 0.15) is 0 Å². The number of rotatable bonds is 2. The first-order chi connectivity index (χ1) is 9.72. The van der Waals surface area contributed by atoms with Gasteiger partial charge >= 0.3 is 5.97 Å². The fourth-order valence-electron chi connectivity index (χ4n) is 2.56. The lowest BCUT2D eigenvalue weighted by atomic mass is 9.92. The maximum Gasteiger partial charge on any atom is 0.337 e. The van der Waals surface area contributed by atoms with Gasteiger partial charge in [-0.25, -0.2) is 4.79 Å². The third-order valence-electron chi connectivity index (χ3n) is 3.50. The van der Waals surface area contributed by atoms with Crippen molar-refractivity contribution < 1.29 is 9.53 Å². The Labute approximate surface area is 117 Å². The van der Waals surface area contributed by atoms with Crippen LogP contribution in [0.2, 0.25) is 0 Å². The summed E-state index contributed by atoms with van der Waals surface area (Å²) >= 11 is 0. The molecule has 0 unspecified atom stereocenters. The first-order valence-electron chi connectivity index (χ1n) is 6.40. The normalized spacial score (nSPS) is 10.7. The van der Waals surface area contributed by atoms with E-state index in [4.69, 9.17) is 4.74 Å². The lowest BCUT2D eigenvalue weighted by Gasteiger charge is -2.12. The second-order valence-corrected chi connectivity index (χ2v) is 4.66. The average molecular weight is 262 g/mol. The van der Waals surface area contributed by atoms with Crippen LogP contribution < -0.4 is 0 Å². The van der Waals surface area contributed by atoms with Crippen molar-refractivity contribution in [3.05, 3.63) is 66.7 Å². The summed E-state index contributed by atoms with van der Waals surface area (Å²) in [5.74, 6) is -0.397. The monoisotopic (exact) mass is 262 g/mol. The SMILES string of the molecule is C=C(C(=O)OC)c1c2ccccc2cc2ccccc12. The molecule has 2 heteroatoms. The molecule has 0 aliphatic carbocycles. The number of benzene rings is 3. The van der Waals surface area contributed by atoms with Crippen LogP contribution in [0.15, 0.2) is 61.2 Å². The molecule has 0 heterocycles. The molecule has 0 saturated carbocycles. The topological polar surface area (TPSA) is 26.3 Å². The molecule has 0 bridgehead atoms. The summed E-state index contributed by atoms with van der Waals surface area (Å²) in [7, 11) is 1.38. The maximum atomic E-state index is 11.9. The molecule has 0 aliphatic rings. The molecule has 3 aromatic rings. The van der Waals surface area contributed by atoms with Crippen molar-refractivity contribution in [2.24, 2.45) is 0 Å². The van der Waals surface area contributed by atoms with Crippen LogP contribution in [0.1, 0.15) is 5.56 Å². The Morgan fingerprint density at radius 2 is 1.45 bits per heavy atom. The smallest absolute Gasteiger partial charge is 0.337 e. The lowest BCUT2D eigenvalue weighted by molar-refractivity contribution is -0.133. The van der Waals surface area contributed by atoms with E-state index in [1.807, 2.05) is 48.5 Å². The lowest BCUT2D eigenvalue weighted by Crippen LogP contribution is -2.03. The minimum Gasteiger partial charge on any atom is -0.465 e. The molecule has 3 rings (SSSR count). The van der Waals surface area contributed by atoms with E-state index in [-0.39, 0.29) is 0 Å². The summed E-state index contributed by atoms with van der Waals surface area (Å²) in [6.07, 6.45) is 0. The van der Waals surface area contributed by atoms with Crippen LogP contribution >= 0.6 is 0 Å². The third-order valence-corrected chi connectivity index (χ3v) is 3.50. The highest BCUT2D eigenvalue weighted by Crippen LogP contribution is 2.33. The molecule has 0 saturated heterocycles. The van der Waals surface area contributed by atoms with E-state index in [0.717, 1.165) is 27.1 Å². The third kappa shape index (κ3) is 1.86. The van der Waals surface area contributed by atoms with Gasteiger partial charge in [0.15, 0.2) is 0 Å². The van der Waals surface area contributed by atoms with Crippen LogP contribution in [-0.4, -0.2) is 13.1 Å². The van der Waals surface area contributed by atoms with Crippen molar-refractivity contribution in [2.75, 3.05) is 7.11 Å². The molecule has 0 aromatic heterocycles. The Balaban J connectivity index is 2.45. The Hall–Kier alpha value is -2.61. The van der Waals surface area contributed by atoms with Crippen LogP contribution in [-0.2, 0) is 9.53 Å². The van der Waals surface area contributed by atoms with E-state index in [1.54, 1.807) is 0 Å². The number of ether oxygens (including phenoxy) is 1. The minimum absolute atomic E-state index is 0.389. The van der Waals surface area contributed by atoms with Crippen molar-refractivity contribution in [1.82, 2.24) is 0 Å². The standard InChI is InChI=1S/C18H14O2/c1-12(18(19)20-2)17-15-9-5-3-7-13(15)11-14-8-4-6-10-16(14)17/h3-11H,1H2,2H3. The molecule has 0 amide bonds. The number of hydrogen-bond acceptors (Lipinski definition) is 2. The molecular weight excluding hydrogens is 248 g/mol. The highest BCUT2D eigenvalue weighted by atomic mass is 16.5. The van der Waals surface area contributed by atoms with Gasteiger partial charge in [-0.1, -0.05) is 55.1 Å². The van der Waals surface area contributed by atoms with Crippen molar-refractivity contribution in [3.8, 4) is 0 Å². The molecule has 98 valence electrons. The Morgan fingerprint density at radius 3 is 1.95 bits per heavy atom. The van der Waals surface area contributed by atoms with E-state index in [1.165, 1.54) is 7.11 Å². The van der Waals surface area contributed by atoms with E-state index >= 15 is 0 Å². The van der Waals surface area contributed by atoms with Gasteiger partial charge < -0.3 is 4.74 Å². The molecule has 0 radical (unpaired) electrons. The average Bonchev–Trinajstić information content (AvgIpc) is 2.51. The van der Waals surface area contributed by atoms with Crippen LogP contribution in [0.4, 0.5) is 0 Å². The predicted molar refractivity (Wildman–Crippen MR) is 82.5 cm³/mol. The van der Waals surface area contributed by atoms with Crippen molar-refractivity contribution >= 4 is 33.1 Å².